The van der Waals surface area contributed by atoms with Crippen LogP contribution in [-0.4, -0.2) is 52.5 Å². The maximum Gasteiger partial charge on any atom is 0.431 e. The number of halogens is 1. The number of carboxylic acid groups (broad SMARTS) is 1. The molecule has 19 heavy (non-hydrogen) atoms. The van der Waals surface area contributed by atoms with E-state index >= 15 is 0 Å². The molecule has 0 aliphatic rings. The molecule has 0 aliphatic carbocycles. The van der Waals surface area contributed by atoms with Crippen molar-refractivity contribution >= 4 is 28.1 Å². The topological polar surface area (TPSA) is 88.1 Å². The fourth-order valence-corrected chi connectivity index (χ4v) is 1.37. The lowest BCUT2D eigenvalue weighted by Crippen LogP contribution is -2.42. The zero-order valence-electron chi connectivity index (χ0n) is 11.6. The molecule has 0 aliphatic heterocycles. The second kappa shape index (κ2) is 8.21. The van der Waals surface area contributed by atoms with E-state index in [-0.39, 0.29) is 19.2 Å². The molecule has 0 unspecified atom stereocenters. The molecule has 0 saturated heterocycles. The number of alkyl halides is 1. The Balaban J connectivity index is 4.06. The van der Waals surface area contributed by atoms with E-state index in [4.69, 9.17) is 14.7 Å². The first-order valence-electron chi connectivity index (χ1n) is 5.84. The molecule has 2 amide bonds. The van der Waals surface area contributed by atoms with E-state index in [2.05, 4.69) is 21.2 Å². The van der Waals surface area contributed by atoms with Gasteiger partial charge in [-0.1, -0.05) is 15.9 Å². The fourth-order valence-electron chi connectivity index (χ4n) is 1.04. The normalized spacial score (nSPS) is 12.7. The quantitative estimate of drug-likeness (QED) is 0.571. The highest BCUT2D eigenvalue weighted by atomic mass is 79.9. The van der Waals surface area contributed by atoms with E-state index in [0.29, 0.717) is 5.33 Å². The summed E-state index contributed by atoms with van der Waals surface area (Å²) >= 11 is 3.12. The minimum atomic E-state index is -1.18. The van der Waals surface area contributed by atoms with Crippen molar-refractivity contribution in [3.63, 3.8) is 0 Å². The van der Waals surface area contributed by atoms with Crippen molar-refractivity contribution in [3.05, 3.63) is 0 Å². The monoisotopic (exact) mass is 340 g/mol. The third kappa shape index (κ3) is 9.54. The summed E-state index contributed by atoms with van der Waals surface area (Å²) in [5.41, 5.74) is -0.576. The largest absolute Gasteiger partial charge is 0.463 e. The number of nitrogens with one attached hydrogen (secondary N) is 1. The van der Waals surface area contributed by atoms with Crippen molar-refractivity contribution in [3.8, 4) is 0 Å². The SMILES string of the molecule is C[C@H](CON(CCBr)C(=O)O)NC(=O)OC(C)(C)C. The predicted molar refractivity (Wildman–Crippen MR) is 73.3 cm³/mol. The van der Waals surface area contributed by atoms with Gasteiger partial charge in [0, 0.05) is 5.33 Å². The summed E-state index contributed by atoms with van der Waals surface area (Å²) in [5.74, 6) is 0. The van der Waals surface area contributed by atoms with Crippen molar-refractivity contribution in [1.29, 1.82) is 0 Å². The van der Waals surface area contributed by atoms with Gasteiger partial charge in [-0.2, -0.15) is 5.06 Å². The first-order chi connectivity index (χ1) is 8.65. The number of rotatable bonds is 6. The van der Waals surface area contributed by atoms with Gasteiger partial charge in [-0.15, -0.1) is 0 Å². The van der Waals surface area contributed by atoms with Crippen LogP contribution in [0.5, 0.6) is 0 Å². The lowest BCUT2D eigenvalue weighted by Gasteiger charge is -2.23. The number of hydroxylamine groups is 2. The first-order valence-corrected chi connectivity index (χ1v) is 6.96. The van der Waals surface area contributed by atoms with Gasteiger partial charge in [-0.3, -0.25) is 4.84 Å². The summed E-state index contributed by atoms with van der Waals surface area (Å²) in [7, 11) is 0. The first kappa shape index (κ1) is 18.0. The Morgan fingerprint density at radius 3 is 2.42 bits per heavy atom. The number of carbonyl (C=O) groups excluding carboxylic acids is 1. The smallest absolute Gasteiger partial charge is 0.431 e. The number of nitrogens with zero attached hydrogens (tertiary/aromatic N) is 1. The van der Waals surface area contributed by atoms with Crippen molar-refractivity contribution < 1.29 is 24.3 Å². The van der Waals surface area contributed by atoms with Gasteiger partial charge in [0.05, 0.1) is 19.2 Å². The van der Waals surface area contributed by atoms with Crippen LogP contribution in [0.2, 0.25) is 0 Å². The molecule has 0 spiro atoms. The van der Waals surface area contributed by atoms with Gasteiger partial charge in [0.25, 0.3) is 0 Å². The van der Waals surface area contributed by atoms with Crippen LogP contribution in [0.15, 0.2) is 0 Å². The summed E-state index contributed by atoms with van der Waals surface area (Å²) in [5, 5.41) is 12.6. The van der Waals surface area contributed by atoms with E-state index in [9.17, 15) is 9.59 Å². The summed E-state index contributed by atoms with van der Waals surface area (Å²) < 4.78 is 5.07. The Labute approximate surface area is 121 Å². The van der Waals surface area contributed by atoms with Gasteiger partial charge in [-0.05, 0) is 27.7 Å². The molecule has 7 nitrogen and oxygen atoms in total. The summed E-state index contributed by atoms with van der Waals surface area (Å²) in [6, 6.07) is -0.368. The average Bonchev–Trinajstić information content (AvgIpc) is 2.20. The van der Waals surface area contributed by atoms with E-state index in [0.717, 1.165) is 5.06 Å². The molecule has 1 atom stereocenters. The molecule has 0 radical (unpaired) electrons. The Morgan fingerprint density at radius 2 is 2.00 bits per heavy atom. The maximum absolute atomic E-state index is 11.4. The molecule has 0 aromatic rings. The van der Waals surface area contributed by atoms with Crippen molar-refractivity contribution in [2.24, 2.45) is 0 Å². The van der Waals surface area contributed by atoms with E-state index in [1.807, 2.05) is 0 Å². The minimum absolute atomic E-state index is 0.0402. The molecule has 0 bridgehead atoms. The van der Waals surface area contributed by atoms with Crippen molar-refractivity contribution in [1.82, 2.24) is 10.4 Å². The van der Waals surface area contributed by atoms with Crippen LogP contribution in [0.25, 0.3) is 0 Å². The van der Waals surface area contributed by atoms with Crippen LogP contribution in [0.4, 0.5) is 9.59 Å². The van der Waals surface area contributed by atoms with Gasteiger partial charge in [0.1, 0.15) is 5.60 Å². The van der Waals surface area contributed by atoms with Crippen LogP contribution in [0.3, 0.4) is 0 Å². The molecule has 112 valence electrons. The van der Waals surface area contributed by atoms with Crippen molar-refractivity contribution in [2.75, 3.05) is 18.5 Å². The lowest BCUT2D eigenvalue weighted by molar-refractivity contribution is -0.131. The molecule has 0 aromatic heterocycles. The highest BCUT2D eigenvalue weighted by molar-refractivity contribution is 9.09. The average molecular weight is 341 g/mol. The highest BCUT2D eigenvalue weighted by Crippen LogP contribution is 2.06. The molecule has 0 heterocycles. The Morgan fingerprint density at radius 1 is 1.42 bits per heavy atom. The summed E-state index contributed by atoms with van der Waals surface area (Å²) in [6.07, 6.45) is -1.74. The van der Waals surface area contributed by atoms with Crippen LogP contribution in [-0.2, 0) is 9.57 Å². The number of hydrogen-bond acceptors (Lipinski definition) is 4. The second-order valence-corrected chi connectivity index (χ2v) is 5.71. The van der Waals surface area contributed by atoms with Gasteiger partial charge in [-0.25, -0.2) is 9.59 Å². The van der Waals surface area contributed by atoms with Crippen LogP contribution >= 0.6 is 15.9 Å². The third-order valence-corrected chi connectivity index (χ3v) is 2.10. The molecule has 0 rings (SSSR count). The van der Waals surface area contributed by atoms with Crippen molar-refractivity contribution in [2.45, 2.75) is 39.3 Å². The van der Waals surface area contributed by atoms with E-state index < -0.39 is 17.8 Å². The Kier molecular flexibility index (Phi) is 7.77. The zero-order chi connectivity index (χ0) is 15.1. The maximum atomic E-state index is 11.4. The third-order valence-electron chi connectivity index (χ3n) is 1.74. The molecule has 0 aromatic carbocycles. The molecule has 0 saturated carbocycles. The van der Waals surface area contributed by atoms with Gasteiger partial charge in [0.2, 0.25) is 0 Å². The van der Waals surface area contributed by atoms with Crippen LogP contribution < -0.4 is 5.32 Å². The highest BCUT2D eigenvalue weighted by Gasteiger charge is 2.19. The number of carbonyl (C=O) groups is 2. The van der Waals surface area contributed by atoms with Crippen LogP contribution in [0.1, 0.15) is 27.7 Å². The number of alkyl carbamates (subject to hydrolysis) is 1. The molecular weight excluding hydrogens is 320 g/mol. The predicted octanol–water partition coefficient (Wildman–Crippen LogP) is 2.21. The molecule has 8 heteroatoms. The fraction of sp³-hybridized carbons (Fsp3) is 0.818. The standard InChI is InChI=1S/C11H21BrN2O5/c1-8(13-9(15)19-11(2,3)4)7-18-14(6-5-12)10(16)17/h8H,5-7H2,1-4H3,(H,13,15)(H,16,17)/t8-/m1/s1. The van der Waals surface area contributed by atoms with Gasteiger partial charge >= 0.3 is 12.2 Å². The van der Waals surface area contributed by atoms with Crippen LogP contribution in [0, 0.1) is 0 Å². The number of hydrogen-bond donors (Lipinski definition) is 2. The second-order valence-electron chi connectivity index (χ2n) is 4.92. The molecule has 0 fully saturated rings. The Hall–Kier alpha value is -1.02. The van der Waals surface area contributed by atoms with E-state index in [1.165, 1.54) is 0 Å². The minimum Gasteiger partial charge on any atom is -0.463 e. The lowest BCUT2D eigenvalue weighted by atomic mass is 10.2. The number of amides is 2. The molecular formula is C11H21BrN2O5. The zero-order valence-corrected chi connectivity index (χ0v) is 13.2. The number of ether oxygens (including phenoxy) is 1. The Bertz CT molecular complexity index is 306. The van der Waals surface area contributed by atoms with E-state index in [1.54, 1.807) is 27.7 Å². The van der Waals surface area contributed by atoms with Gasteiger partial charge < -0.3 is 15.2 Å². The molecule has 2 N–H and O–H groups in total. The van der Waals surface area contributed by atoms with Gasteiger partial charge in [0.15, 0.2) is 0 Å². The summed E-state index contributed by atoms with van der Waals surface area (Å²) in [4.78, 5) is 27.3. The summed E-state index contributed by atoms with van der Waals surface area (Å²) in [6.45, 7) is 7.22.